The van der Waals surface area contributed by atoms with Crippen LogP contribution in [0, 0.1) is 0 Å². The van der Waals surface area contributed by atoms with E-state index in [1.807, 2.05) is 0 Å². The number of methoxy groups -OCH3 is 1. The predicted molar refractivity (Wildman–Crippen MR) is 75.2 cm³/mol. The zero-order valence-corrected chi connectivity index (χ0v) is 11.5. The third-order valence-corrected chi connectivity index (χ3v) is 2.76. The van der Waals surface area contributed by atoms with Gasteiger partial charge in [-0.05, 0) is 24.3 Å². The normalized spacial score (nSPS) is 10.1. The van der Waals surface area contributed by atoms with Crippen molar-refractivity contribution in [3.63, 3.8) is 0 Å². The van der Waals surface area contributed by atoms with E-state index in [1.54, 1.807) is 30.3 Å². The first-order valence-electron chi connectivity index (χ1n) is 5.36. The summed E-state index contributed by atoms with van der Waals surface area (Å²) in [5, 5.41) is 3.61. The molecule has 0 aliphatic rings. The first kappa shape index (κ1) is 13.6. The van der Waals surface area contributed by atoms with Crippen molar-refractivity contribution in [2.75, 3.05) is 12.4 Å². The van der Waals surface area contributed by atoms with Crippen molar-refractivity contribution in [1.82, 2.24) is 4.98 Å². The smallest absolute Gasteiger partial charge is 0.255 e. The molecule has 0 spiro atoms. The summed E-state index contributed by atoms with van der Waals surface area (Å²) in [6.45, 7) is 0. The SMILES string of the molecule is COc1cc(C(=O)Nc2cc(Cl)cc(Cl)c2)ccn1. The molecule has 1 aromatic carbocycles. The summed E-state index contributed by atoms with van der Waals surface area (Å²) in [6.07, 6.45) is 1.50. The zero-order chi connectivity index (χ0) is 13.8. The molecule has 0 aliphatic heterocycles. The Labute approximate surface area is 120 Å². The Bertz CT molecular complexity index is 597. The van der Waals surface area contributed by atoms with Crippen LogP contribution < -0.4 is 10.1 Å². The van der Waals surface area contributed by atoms with Gasteiger partial charge in [0, 0.05) is 33.6 Å². The highest BCUT2D eigenvalue weighted by molar-refractivity contribution is 6.35. The Balaban J connectivity index is 2.20. The summed E-state index contributed by atoms with van der Waals surface area (Å²) in [6, 6.07) is 7.95. The Hall–Kier alpha value is -1.78. The third-order valence-electron chi connectivity index (χ3n) is 2.33. The van der Waals surface area contributed by atoms with Gasteiger partial charge in [0.15, 0.2) is 0 Å². The Kier molecular flexibility index (Phi) is 4.24. The molecule has 98 valence electrons. The van der Waals surface area contributed by atoms with Crippen LogP contribution in [0.15, 0.2) is 36.5 Å². The summed E-state index contributed by atoms with van der Waals surface area (Å²) >= 11 is 11.7. The Morgan fingerprint density at radius 1 is 1.21 bits per heavy atom. The Morgan fingerprint density at radius 2 is 1.89 bits per heavy atom. The number of aromatic nitrogens is 1. The van der Waals surface area contributed by atoms with Gasteiger partial charge in [0.05, 0.1) is 7.11 Å². The van der Waals surface area contributed by atoms with E-state index in [1.165, 1.54) is 13.3 Å². The molecule has 0 fully saturated rings. The van der Waals surface area contributed by atoms with Crippen LogP contribution in [0.2, 0.25) is 10.0 Å². The molecular formula is C13H10Cl2N2O2. The topological polar surface area (TPSA) is 51.2 Å². The predicted octanol–water partition coefficient (Wildman–Crippen LogP) is 3.65. The van der Waals surface area contributed by atoms with Crippen molar-refractivity contribution in [3.05, 3.63) is 52.1 Å². The summed E-state index contributed by atoms with van der Waals surface area (Å²) in [5.74, 6) is 0.0795. The average molecular weight is 297 g/mol. The number of pyridine rings is 1. The van der Waals surface area contributed by atoms with Gasteiger partial charge in [-0.2, -0.15) is 0 Å². The maximum absolute atomic E-state index is 12.0. The van der Waals surface area contributed by atoms with Crippen molar-refractivity contribution in [3.8, 4) is 5.88 Å². The van der Waals surface area contributed by atoms with Gasteiger partial charge in [0.1, 0.15) is 0 Å². The second-order valence-corrected chi connectivity index (χ2v) is 4.57. The number of carbonyl (C=O) groups is 1. The number of hydrogen-bond acceptors (Lipinski definition) is 3. The van der Waals surface area contributed by atoms with Crippen LogP contribution in [0.4, 0.5) is 5.69 Å². The lowest BCUT2D eigenvalue weighted by molar-refractivity contribution is 0.102. The lowest BCUT2D eigenvalue weighted by atomic mass is 10.2. The molecule has 1 aromatic heterocycles. The molecular weight excluding hydrogens is 287 g/mol. The van der Waals surface area contributed by atoms with Crippen molar-refractivity contribution >= 4 is 34.8 Å². The molecule has 1 N–H and O–H groups in total. The average Bonchev–Trinajstić information content (AvgIpc) is 2.37. The van der Waals surface area contributed by atoms with E-state index in [4.69, 9.17) is 27.9 Å². The minimum absolute atomic E-state index is 0.293. The van der Waals surface area contributed by atoms with Crippen molar-refractivity contribution in [1.29, 1.82) is 0 Å². The van der Waals surface area contributed by atoms with E-state index in [0.717, 1.165) is 0 Å². The highest BCUT2D eigenvalue weighted by atomic mass is 35.5. The fourth-order valence-corrected chi connectivity index (χ4v) is 2.02. The molecule has 2 aromatic rings. The highest BCUT2D eigenvalue weighted by Crippen LogP contribution is 2.23. The third kappa shape index (κ3) is 3.59. The van der Waals surface area contributed by atoms with E-state index >= 15 is 0 Å². The van der Waals surface area contributed by atoms with Crippen LogP contribution in [0.5, 0.6) is 5.88 Å². The first-order valence-corrected chi connectivity index (χ1v) is 6.11. The fraction of sp³-hybridized carbons (Fsp3) is 0.0769. The van der Waals surface area contributed by atoms with E-state index < -0.39 is 0 Å². The second-order valence-electron chi connectivity index (χ2n) is 3.70. The van der Waals surface area contributed by atoms with Crippen molar-refractivity contribution in [2.45, 2.75) is 0 Å². The summed E-state index contributed by atoms with van der Waals surface area (Å²) in [4.78, 5) is 16.0. The van der Waals surface area contributed by atoms with Crippen LogP contribution in [0.1, 0.15) is 10.4 Å². The van der Waals surface area contributed by atoms with Gasteiger partial charge in [-0.1, -0.05) is 23.2 Å². The number of carbonyl (C=O) groups excluding carboxylic acids is 1. The maximum Gasteiger partial charge on any atom is 0.255 e. The standard InChI is InChI=1S/C13H10Cl2N2O2/c1-19-12-4-8(2-3-16-12)13(18)17-11-6-9(14)5-10(15)7-11/h2-7H,1H3,(H,17,18). The largest absolute Gasteiger partial charge is 0.481 e. The molecule has 1 amide bonds. The second kappa shape index (κ2) is 5.91. The van der Waals surface area contributed by atoms with E-state index in [-0.39, 0.29) is 5.91 Å². The minimum Gasteiger partial charge on any atom is -0.481 e. The molecule has 0 radical (unpaired) electrons. The lowest BCUT2D eigenvalue weighted by Gasteiger charge is -2.07. The van der Waals surface area contributed by atoms with Gasteiger partial charge in [-0.25, -0.2) is 4.98 Å². The molecule has 0 unspecified atom stereocenters. The van der Waals surface area contributed by atoms with Crippen molar-refractivity contribution < 1.29 is 9.53 Å². The summed E-state index contributed by atoms with van der Waals surface area (Å²) in [7, 11) is 1.49. The fourth-order valence-electron chi connectivity index (χ4n) is 1.49. The maximum atomic E-state index is 12.0. The van der Waals surface area contributed by atoms with Crippen LogP contribution >= 0.6 is 23.2 Å². The van der Waals surface area contributed by atoms with Crippen LogP contribution in [0.3, 0.4) is 0 Å². The number of benzene rings is 1. The van der Waals surface area contributed by atoms with Gasteiger partial charge in [0.2, 0.25) is 5.88 Å². The van der Waals surface area contributed by atoms with Gasteiger partial charge in [0.25, 0.3) is 5.91 Å². The lowest BCUT2D eigenvalue weighted by Crippen LogP contribution is -2.12. The number of amides is 1. The number of ether oxygens (including phenoxy) is 1. The number of hydrogen-bond donors (Lipinski definition) is 1. The van der Waals surface area contributed by atoms with Gasteiger partial charge >= 0.3 is 0 Å². The van der Waals surface area contributed by atoms with E-state index in [9.17, 15) is 4.79 Å². The quantitative estimate of drug-likeness (QED) is 0.940. The van der Waals surface area contributed by atoms with Gasteiger partial charge in [-0.3, -0.25) is 4.79 Å². The van der Waals surface area contributed by atoms with Crippen LogP contribution in [-0.4, -0.2) is 18.0 Å². The minimum atomic E-state index is -0.293. The number of nitrogens with zero attached hydrogens (tertiary/aromatic N) is 1. The van der Waals surface area contributed by atoms with Crippen LogP contribution in [-0.2, 0) is 0 Å². The molecule has 4 nitrogen and oxygen atoms in total. The number of halogens is 2. The van der Waals surface area contributed by atoms with E-state index in [0.29, 0.717) is 27.2 Å². The van der Waals surface area contributed by atoms with Crippen molar-refractivity contribution in [2.24, 2.45) is 0 Å². The number of rotatable bonds is 3. The monoisotopic (exact) mass is 296 g/mol. The molecule has 6 heteroatoms. The van der Waals surface area contributed by atoms with Crippen LogP contribution in [0.25, 0.3) is 0 Å². The molecule has 0 bridgehead atoms. The first-order chi connectivity index (χ1) is 9.08. The molecule has 0 aliphatic carbocycles. The summed E-state index contributed by atoms with van der Waals surface area (Å²) in [5.41, 5.74) is 0.959. The molecule has 2 rings (SSSR count). The molecule has 0 saturated heterocycles. The molecule has 0 atom stereocenters. The number of anilines is 1. The Morgan fingerprint density at radius 3 is 2.53 bits per heavy atom. The molecule has 1 heterocycles. The zero-order valence-electron chi connectivity index (χ0n) is 9.98. The summed E-state index contributed by atoms with van der Waals surface area (Å²) < 4.78 is 4.96. The van der Waals surface area contributed by atoms with Gasteiger partial charge < -0.3 is 10.1 Å². The number of nitrogens with one attached hydrogen (secondary N) is 1. The van der Waals surface area contributed by atoms with E-state index in [2.05, 4.69) is 10.3 Å². The molecule has 0 saturated carbocycles. The van der Waals surface area contributed by atoms with Gasteiger partial charge in [-0.15, -0.1) is 0 Å². The highest BCUT2D eigenvalue weighted by Gasteiger charge is 2.08. The molecule has 19 heavy (non-hydrogen) atoms.